The molecule has 7 heteroatoms. The first-order valence-corrected chi connectivity index (χ1v) is 9.12. The standard InChI is InChI=1S/C23H20N2O5/c1-15-2-10-19(11-3-15)30-20-12-8-18(9-13-20)25-21(26)14-29-23(28)17-6-4-16(5-7-17)22(24)27/h2-13H,14H2,1H3,(H2,24,27)(H,25,26). The molecule has 0 aromatic heterocycles. The Morgan fingerprint density at radius 2 is 1.33 bits per heavy atom. The van der Waals surface area contributed by atoms with E-state index in [4.69, 9.17) is 15.2 Å². The summed E-state index contributed by atoms with van der Waals surface area (Å²) in [6.07, 6.45) is 0. The van der Waals surface area contributed by atoms with E-state index in [0.717, 1.165) is 5.56 Å². The number of esters is 1. The molecular formula is C23H20N2O5. The number of ether oxygens (including phenoxy) is 2. The highest BCUT2D eigenvalue weighted by molar-refractivity contribution is 5.97. The van der Waals surface area contributed by atoms with Gasteiger partial charge in [-0.2, -0.15) is 0 Å². The molecule has 2 amide bonds. The number of hydrogen-bond donors (Lipinski definition) is 2. The van der Waals surface area contributed by atoms with Gasteiger partial charge in [0.15, 0.2) is 6.61 Å². The highest BCUT2D eigenvalue weighted by Gasteiger charge is 2.11. The number of carbonyl (C=O) groups is 3. The summed E-state index contributed by atoms with van der Waals surface area (Å²) in [5.74, 6) is -0.409. The van der Waals surface area contributed by atoms with Gasteiger partial charge in [-0.1, -0.05) is 17.7 Å². The molecule has 0 atom stereocenters. The van der Waals surface area contributed by atoms with Gasteiger partial charge in [-0.25, -0.2) is 4.79 Å². The van der Waals surface area contributed by atoms with Crippen molar-refractivity contribution in [2.45, 2.75) is 6.92 Å². The molecule has 0 saturated heterocycles. The van der Waals surface area contributed by atoms with Crippen LogP contribution in [0.15, 0.2) is 72.8 Å². The summed E-state index contributed by atoms with van der Waals surface area (Å²) in [5, 5.41) is 2.64. The van der Waals surface area contributed by atoms with Crippen LogP contribution in [-0.2, 0) is 9.53 Å². The van der Waals surface area contributed by atoms with E-state index in [1.807, 2.05) is 31.2 Å². The molecule has 3 N–H and O–H groups in total. The van der Waals surface area contributed by atoms with Crippen molar-refractivity contribution in [3.05, 3.63) is 89.5 Å². The van der Waals surface area contributed by atoms with Crippen LogP contribution < -0.4 is 15.8 Å². The Morgan fingerprint density at radius 3 is 1.90 bits per heavy atom. The van der Waals surface area contributed by atoms with Crippen molar-refractivity contribution in [3.8, 4) is 11.5 Å². The van der Waals surface area contributed by atoms with Gasteiger partial charge < -0.3 is 20.5 Å². The molecule has 3 aromatic carbocycles. The molecule has 0 aliphatic carbocycles. The molecule has 0 fully saturated rings. The van der Waals surface area contributed by atoms with Crippen LogP contribution in [0.2, 0.25) is 0 Å². The quantitative estimate of drug-likeness (QED) is 0.584. The molecule has 0 heterocycles. The number of amides is 2. The molecule has 0 saturated carbocycles. The number of nitrogens with two attached hydrogens (primary N) is 1. The molecule has 0 unspecified atom stereocenters. The zero-order chi connectivity index (χ0) is 21.5. The zero-order valence-corrected chi connectivity index (χ0v) is 16.3. The highest BCUT2D eigenvalue weighted by Crippen LogP contribution is 2.23. The maximum Gasteiger partial charge on any atom is 0.338 e. The average molecular weight is 404 g/mol. The molecule has 30 heavy (non-hydrogen) atoms. The maximum absolute atomic E-state index is 12.0. The van der Waals surface area contributed by atoms with Crippen molar-refractivity contribution in [1.29, 1.82) is 0 Å². The Hall–Kier alpha value is -4.13. The Balaban J connectivity index is 1.49. The lowest BCUT2D eigenvalue weighted by Gasteiger charge is -2.09. The maximum atomic E-state index is 12.0. The second-order valence-electron chi connectivity index (χ2n) is 6.51. The van der Waals surface area contributed by atoms with E-state index in [9.17, 15) is 14.4 Å². The molecule has 0 aliphatic heterocycles. The van der Waals surface area contributed by atoms with Crippen LogP contribution in [-0.4, -0.2) is 24.4 Å². The molecule has 3 rings (SSSR count). The summed E-state index contributed by atoms with van der Waals surface area (Å²) in [7, 11) is 0. The number of hydrogen-bond acceptors (Lipinski definition) is 5. The van der Waals surface area contributed by atoms with Crippen LogP contribution in [0.3, 0.4) is 0 Å². The van der Waals surface area contributed by atoms with E-state index < -0.39 is 24.4 Å². The third-order valence-corrected chi connectivity index (χ3v) is 4.13. The molecule has 3 aromatic rings. The predicted molar refractivity (Wildman–Crippen MR) is 112 cm³/mol. The summed E-state index contributed by atoms with van der Waals surface area (Å²) >= 11 is 0. The number of carbonyl (C=O) groups excluding carboxylic acids is 3. The third-order valence-electron chi connectivity index (χ3n) is 4.13. The first-order valence-electron chi connectivity index (χ1n) is 9.12. The Labute approximate surface area is 173 Å². The van der Waals surface area contributed by atoms with Gasteiger partial charge in [0.25, 0.3) is 5.91 Å². The lowest BCUT2D eigenvalue weighted by Crippen LogP contribution is -2.21. The van der Waals surface area contributed by atoms with E-state index in [2.05, 4.69) is 5.32 Å². The second kappa shape index (κ2) is 9.38. The van der Waals surface area contributed by atoms with Gasteiger partial charge in [0.05, 0.1) is 5.56 Å². The molecule has 0 spiro atoms. The Bertz CT molecular complexity index is 1040. The van der Waals surface area contributed by atoms with Crippen molar-refractivity contribution in [1.82, 2.24) is 0 Å². The minimum atomic E-state index is -0.678. The van der Waals surface area contributed by atoms with Crippen molar-refractivity contribution >= 4 is 23.5 Å². The number of primary amides is 1. The Kier molecular flexibility index (Phi) is 6.44. The van der Waals surface area contributed by atoms with Crippen LogP contribution in [0.25, 0.3) is 0 Å². The molecule has 0 bridgehead atoms. The fourth-order valence-corrected chi connectivity index (χ4v) is 2.53. The van der Waals surface area contributed by atoms with Crippen LogP contribution in [0.5, 0.6) is 11.5 Å². The largest absolute Gasteiger partial charge is 0.457 e. The van der Waals surface area contributed by atoms with E-state index in [1.165, 1.54) is 24.3 Å². The van der Waals surface area contributed by atoms with Gasteiger partial charge in [0.2, 0.25) is 5.91 Å². The summed E-state index contributed by atoms with van der Waals surface area (Å²) in [6, 6.07) is 20.1. The van der Waals surface area contributed by atoms with E-state index in [-0.39, 0.29) is 11.1 Å². The summed E-state index contributed by atoms with van der Waals surface area (Å²) in [4.78, 5) is 35.0. The van der Waals surface area contributed by atoms with E-state index in [1.54, 1.807) is 24.3 Å². The fourth-order valence-electron chi connectivity index (χ4n) is 2.53. The van der Waals surface area contributed by atoms with E-state index in [0.29, 0.717) is 17.2 Å². The van der Waals surface area contributed by atoms with Crippen LogP contribution in [0.4, 0.5) is 5.69 Å². The van der Waals surface area contributed by atoms with Crippen molar-refractivity contribution < 1.29 is 23.9 Å². The van der Waals surface area contributed by atoms with Crippen LogP contribution in [0, 0.1) is 6.92 Å². The third kappa shape index (κ3) is 5.68. The van der Waals surface area contributed by atoms with E-state index >= 15 is 0 Å². The van der Waals surface area contributed by atoms with Gasteiger partial charge in [-0.15, -0.1) is 0 Å². The number of benzene rings is 3. The second-order valence-corrected chi connectivity index (χ2v) is 6.51. The van der Waals surface area contributed by atoms with Crippen molar-refractivity contribution in [2.24, 2.45) is 5.73 Å². The average Bonchev–Trinajstić information content (AvgIpc) is 2.75. The van der Waals surface area contributed by atoms with Gasteiger partial charge >= 0.3 is 5.97 Å². The molecule has 0 radical (unpaired) electrons. The Morgan fingerprint density at radius 1 is 0.800 bits per heavy atom. The smallest absolute Gasteiger partial charge is 0.338 e. The monoisotopic (exact) mass is 404 g/mol. The summed E-state index contributed by atoms with van der Waals surface area (Å²) in [6.45, 7) is 1.55. The SMILES string of the molecule is Cc1ccc(Oc2ccc(NC(=O)COC(=O)c3ccc(C(N)=O)cc3)cc2)cc1. The minimum absolute atomic E-state index is 0.213. The lowest BCUT2D eigenvalue weighted by atomic mass is 10.1. The number of rotatable bonds is 7. The van der Waals surface area contributed by atoms with Gasteiger partial charge in [-0.3, -0.25) is 9.59 Å². The normalized spacial score (nSPS) is 10.2. The first kappa shape index (κ1) is 20.6. The molecule has 7 nitrogen and oxygen atoms in total. The highest BCUT2D eigenvalue weighted by atomic mass is 16.5. The van der Waals surface area contributed by atoms with Gasteiger partial charge in [-0.05, 0) is 67.6 Å². The molecule has 0 aliphatic rings. The fraction of sp³-hybridized carbons (Fsp3) is 0.0870. The van der Waals surface area contributed by atoms with Gasteiger partial charge in [0.1, 0.15) is 11.5 Å². The zero-order valence-electron chi connectivity index (χ0n) is 16.3. The topological polar surface area (TPSA) is 108 Å². The minimum Gasteiger partial charge on any atom is -0.457 e. The molecule has 152 valence electrons. The first-order chi connectivity index (χ1) is 14.4. The van der Waals surface area contributed by atoms with Crippen molar-refractivity contribution in [3.63, 3.8) is 0 Å². The summed E-state index contributed by atoms with van der Waals surface area (Å²) < 4.78 is 10.7. The number of nitrogens with one attached hydrogen (secondary N) is 1. The lowest BCUT2D eigenvalue weighted by molar-refractivity contribution is -0.119. The number of aryl methyl sites for hydroxylation is 1. The van der Waals surface area contributed by atoms with Crippen LogP contribution in [0.1, 0.15) is 26.3 Å². The predicted octanol–water partition coefficient (Wildman–Crippen LogP) is 3.68. The van der Waals surface area contributed by atoms with Crippen LogP contribution >= 0.6 is 0 Å². The van der Waals surface area contributed by atoms with Crippen molar-refractivity contribution in [2.75, 3.05) is 11.9 Å². The molecular weight excluding hydrogens is 384 g/mol. The summed E-state index contributed by atoms with van der Waals surface area (Å²) in [5.41, 5.74) is 7.32. The number of anilines is 1. The van der Waals surface area contributed by atoms with Gasteiger partial charge in [0, 0.05) is 11.3 Å².